The molecular weight excluding hydrogens is 308 g/mol. The Morgan fingerprint density at radius 1 is 1.21 bits per heavy atom. The van der Waals surface area contributed by atoms with Crippen LogP contribution in [0.4, 0.5) is 5.69 Å². The van der Waals surface area contributed by atoms with E-state index in [0.29, 0.717) is 28.5 Å². The van der Waals surface area contributed by atoms with Gasteiger partial charge in [-0.1, -0.05) is 12.1 Å². The van der Waals surface area contributed by atoms with E-state index in [1.807, 2.05) is 6.07 Å². The predicted octanol–water partition coefficient (Wildman–Crippen LogP) is 2.43. The van der Waals surface area contributed by atoms with Crippen LogP contribution in [0.3, 0.4) is 0 Å². The Kier molecular flexibility index (Phi) is 3.91. The highest BCUT2D eigenvalue weighted by Gasteiger charge is 2.16. The Morgan fingerprint density at radius 2 is 1.96 bits per heavy atom. The van der Waals surface area contributed by atoms with Gasteiger partial charge in [-0.05, 0) is 38.1 Å². The van der Waals surface area contributed by atoms with Crippen LogP contribution >= 0.6 is 0 Å². The van der Waals surface area contributed by atoms with Gasteiger partial charge < -0.3 is 15.5 Å². The zero-order valence-electron chi connectivity index (χ0n) is 13.2. The van der Waals surface area contributed by atoms with E-state index in [-0.39, 0.29) is 11.6 Å². The monoisotopic (exact) mass is 324 g/mol. The van der Waals surface area contributed by atoms with E-state index in [1.165, 1.54) is 10.7 Å². The van der Waals surface area contributed by atoms with E-state index in [0.717, 1.165) is 0 Å². The molecule has 0 unspecified atom stereocenters. The molecule has 0 atom stereocenters. The fraction of sp³-hybridized carbons (Fsp3) is 0.118. The van der Waals surface area contributed by atoms with Crippen LogP contribution < -0.4 is 11.1 Å². The summed E-state index contributed by atoms with van der Waals surface area (Å²) in [7, 11) is 0. The van der Waals surface area contributed by atoms with Crippen molar-refractivity contribution >= 4 is 17.5 Å². The molecule has 1 aromatic carbocycles. The molecule has 7 nitrogen and oxygen atoms in total. The van der Waals surface area contributed by atoms with Gasteiger partial charge in [-0.25, -0.2) is 4.68 Å². The SMILES string of the molecule is Cc1cc(C(=O)Nc2ccccc2-n2ccc(C(N)=O)n2)c(C)o1. The number of benzene rings is 1. The lowest BCUT2D eigenvalue weighted by Crippen LogP contribution is -2.15. The van der Waals surface area contributed by atoms with Crippen LogP contribution in [0.15, 0.2) is 47.0 Å². The van der Waals surface area contributed by atoms with Gasteiger partial charge in [0.25, 0.3) is 11.8 Å². The highest BCUT2D eigenvalue weighted by atomic mass is 16.3. The number of nitrogens with two attached hydrogens (primary N) is 1. The van der Waals surface area contributed by atoms with Gasteiger partial charge in [0.2, 0.25) is 0 Å². The summed E-state index contributed by atoms with van der Waals surface area (Å²) in [5.41, 5.74) is 7.02. The van der Waals surface area contributed by atoms with Gasteiger partial charge in [0.05, 0.1) is 16.9 Å². The standard InChI is InChI=1S/C17H16N4O3/c1-10-9-12(11(2)24-10)17(23)19-13-5-3-4-6-15(13)21-8-7-14(20-21)16(18)22/h3-9H,1-2H3,(H2,18,22)(H,19,23). The molecule has 24 heavy (non-hydrogen) atoms. The molecule has 7 heteroatoms. The molecule has 0 bridgehead atoms. The first-order chi connectivity index (χ1) is 11.5. The fourth-order valence-corrected chi connectivity index (χ4v) is 2.41. The van der Waals surface area contributed by atoms with Crippen molar-refractivity contribution in [1.82, 2.24) is 9.78 Å². The van der Waals surface area contributed by atoms with Gasteiger partial charge in [0, 0.05) is 6.20 Å². The number of rotatable bonds is 4. The second-order valence-electron chi connectivity index (χ2n) is 5.31. The summed E-state index contributed by atoms with van der Waals surface area (Å²) in [4.78, 5) is 23.7. The maximum atomic E-state index is 12.5. The van der Waals surface area contributed by atoms with Crippen LogP contribution in [-0.4, -0.2) is 21.6 Å². The minimum Gasteiger partial charge on any atom is -0.466 e. The van der Waals surface area contributed by atoms with Crippen LogP contribution in [0, 0.1) is 13.8 Å². The number of nitrogens with zero attached hydrogens (tertiary/aromatic N) is 2. The van der Waals surface area contributed by atoms with Crippen molar-refractivity contribution in [1.29, 1.82) is 0 Å². The molecule has 0 fully saturated rings. The first kappa shape index (κ1) is 15.5. The van der Waals surface area contributed by atoms with Gasteiger partial charge in [-0.15, -0.1) is 0 Å². The van der Waals surface area contributed by atoms with E-state index in [9.17, 15) is 9.59 Å². The van der Waals surface area contributed by atoms with E-state index in [1.54, 1.807) is 44.3 Å². The Labute approximate surface area is 138 Å². The first-order valence-corrected chi connectivity index (χ1v) is 7.29. The van der Waals surface area contributed by atoms with Crippen molar-refractivity contribution in [3.63, 3.8) is 0 Å². The van der Waals surface area contributed by atoms with Crippen LogP contribution in [-0.2, 0) is 0 Å². The average molecular weight is 324 g/mol. The summed E-state index contributed by atoms with van der Waals surface area (Å²) >= 11 is 0. The highest BCUT2D eigenvalue weighted by molar-refractivity contribution is 6.06. The molecule has 2 aromatic heterocycles. The number of aromatic nitrogens is 2. The normalized spacial score (nSPS) is 10.6. The average Bonchev–Trinajstić information content (AvgIpc) is 3.14. The number of nitrogens with one attached hydrogen (secondary N) is 1. The molecular formula is C17H16N4O3. The maximum absolute atomic E-state index is 12.5. The van der Waals surface area contributed by atoms with Crippen molar-refractivity contribution in [2.24, 2.45) is 5.73 Å². The topological polar surface area (TPSA) is 103 Å². The van der Waals surface area contributed by atoms with E-state index < -0.39 is 5.91 Å². The molecule has 3 rings (SSSR count). The summed E-state index contributed by atoms with van der Waals surface area (Å²) in [5.74, 6) is 0.334. The summed E-state index contributed by atoms with van der Waals surface area (Å²) < 4.78 is 6.88. The smallest absolute Gasteiger partial charge is 0.269 e. The first-order valence-electron chi connectivity index (χ1n) is 7.29. The number of amides is 2. The van der Waals surface area contributed by atoms with Gasteiger partial charge in [-0.3, -0.25) is 9.59 Å². The third-order valence-corrected chi connectivity index (χ3v) is 3.53. The molecule has 122 valence electrons. The van der Waals surface area contributed by atoms with Crippen molar-refractivity contribution in [3.05, 3.63) is 65.4 Å². The lowest BCUT2D eigenvalue weighted by atomic mass is 10.2. The summed E-state index contributed by atoms with van der Waals surface area (Å²) in [6.07, 6.45) is 1.61. The van der Waals surface area contributed by atoms with Crippen molar-refractivity contribution in [2.45, 2.75) is 13.8 Å². The van der Waals surface area contributed by atoms with Gasteiger partial charge in [0.15, 0.2) is 0 Å². The number of hydrogen-bond acceptors (Lipinski definition) is 4. The predicted molar refractivity (Wildman–Crippen MR) is 88.2 cm³/mol. The zero-order chi connectivity index (χ0) is 17.3. The molecule has 0 spiro atoms. The van der Waals surface area contributed by atoms with Gasteiger partial charge >= 0.3 is 0 Å². The Hall–Kier alpha value is -3.35. The number of primary amides is 1. The molecule has 0 radical (unpaired) electrons. The van der Waals surface area contributed by atoms with E-state index >= 15 is 0 Å². The molecule has 2 amide bonds. The summed E-state index contributed by atoms with van der Waals surface area (Å²) in [6.45, 7) is 3.52. The molecule has 0 aliphatic rings. The van der Waals surface area contributed by atoms with Gasteiger partial charge in [0.1, 0.15) is 17.2 Å². The maximum Gasteiger partial charge on any atom is 0.269 e. The molecule has 3 aromatic rings. The van der Waals surface area contributed by atoms with Crippen molar-refractivity contribution < 1.29 is 14.0 Å². The lowest BCUT2D eigenvalue weighted by Gasteiger charge is -2.10. The molecule has 2 heterocycles. The van der Waals surface area contributed by atoms with Crippen LogP contribution in [0.5, 0.6) is 0 Å². The number of aryl methyl sites for hydroxylation is 2. The minimum atomic E-state index is -0.611. The number of para-hydroxylation sites is 2. The zero-order valence-corrected chi connectivity index (χ0v) is 13.2. The number of carbonyl (C=O) groups is 2. The second kappa shape index (κ2) is 6.04. The van der Waals surface area contributed by atoms with Gasteiger partial charge in [-0.2, -0.15) is 5.10 Å². The van der Waals surface area contributed by atoms with E-state index in [4.69, 9.17) is 10.2 Å². The van der Waals surface area contributed by atoms with Crippen molar-refractivity contribution in [3.8, 4) is 5.69 Å². The van der Waals surface area contributed by atoms with Crippen LogP contribution in [0.1, 0.15) is 32.4 Å². The minimum absolute atomic E-state index is 0.150. The summed E-state index contributed by atoms with van der Waals surface area (Å²) in [5, 5.41) is 6.96. The quantitative estimate of drug-likeness (QED) is 0.769. The number of carbonyl (C=O) groups excluding carboxylic acids is 2. The Balaban J connectivity index is 1.93. The Bertz CT molecular complexity index is 924. The second-order valence-corrected chi connectivity index (χ2v) is 5.31. The fourth-order valence-electron chi connectivity index (χ4n) is 2.41. The molecule has 3 N–H and O–H groups in total. The third kappa shape index (κ3) is 2.91. The summed E-state index contributed by atoms with van der Waals surface area (Å²) in [6, 6.07) is 10.3. The largest absolute Gasteiger partial charge is 0.466 e. The number of furan rings is 1. The van der Waals surface area contributed by atoms with Crippen molar-refractivity contribution in [2.75, 3.05) is 5.32 Å². The number of anilines is 1. The number of hydrogen-bond donors (Lipinski definition) is 2. The highest BCUT2D eigenvalue weighted by Crippen LogP contribution is 2.22. The molecule has 0 saturated carbocycles. The van der Waals surface area contributed by atoms with E-state index in [2.05, 4.69) is 10.4 Å². The molecule has 0 saturated heterocycles. The van der Waals surface area contributed by atoms with Crippen LogP contribution in [0.2, 0.25) is 0 Å². The molecule has 0 aliphatic carbocycles. The third-order valence-electron chi connectivity index (χ3n) is 3.53. The lowest BCUT2D eigenvalue weighted by molar-refractivity contribution is 0.0992. The Morgan fingerprint density at radius 3 is 2.58 bits per heavy atom. The van der Waals surface area contributed by atoms with Crippen LogP contribution in [0.25, 0.3) is 5.69 Å². The molecule has 0 aliphatic heterocycles.